The SMILES string of the molecule is C=C(C)C(=O)OCCCCc1ccccc1OP1(Oc2ccccc2CCCCOC(=O)C(=C)C)=NP(Oc2ccccc2)(Oc2ccccc2)=NP(Oc2ccccc2)(Oc2ccccc2)=N1. The number of ether oxygens (including phenoxy) is 2. The average molecular weight is 974 g/mol. The highest BCUT2D eigenvalue weighted by Crippen LogP contribution is 2.78. The molecule has 0 aromatic heterocycles. The second-order valence-corrected chi connectivity index (χ2v) is 21.7. The predicted octanol–water partition coefficient (Wildman–Crippen LogP) is 15.2. The molecule has 16 heteroatoms. The standard InChI is InChI=1S/C52H54N3O10P3/c1-41(2)51(56)58-39-23-21-27-43-25-17-19-37-49(43)64-68(65-50-38-20-18-26-44(50)28-22-24-40-59-52(57)42(3)4)54-66(60-45-29-9-5-10-30-45,61-46-31-11-6-12-32-46)53-67(55-68,62-47-33-13-7-14-34-47)63-48-35-15-8-16-36-48/h5-20,25-26,29-38H,1,3,21-24,27-28,39-40H2,2,4H3. The number of unbranched alkanes of at least 4 members (excludes halogenated alkanes) is 2. The maximum atomic E-state index is 12.1. The summed E-state index contributed by atoms with van der Waals surface area (Å²) < 4.78 is 69.3. The van der Waals surface area contributed by atoms with Crippen molar-refractivity contribution in [3.05, 3.63) is 205 Å². The Kier molecular flexibility index (Phi) is 17.2. The lowest BCUT2D eigenvalue weighted by atomic mass is 10.1. The summed E-state index contributed by atoms with van der Waals surface area (Å²) in [4.78, 5) is 24.2. The molecule has 0 fully saturated rings. The van der Waals surface area contributed by atoms with Crippen LogP contribution in [-0.4, -0.2) is 25.2 Å². The van der Waals surface area contributed by atoms with E-state index in [1.165, 1.54) is 0 Å². The van der Waals surface area contributed by atoms with Crippen LogP contribution in [0.25, 0.3) is 0 Å². The van der Waals surface area contributed by atoms with Gasteiger partial charge in [-0.1, -0.05) is 136 Å². The third-order valence-corrected chi connectivity index (χ3v) is 17.9. The highest BCUT2D eigenvalue weighted by molar-refractivity contribution is 7.79. The molecular formula is C52H54N3O10P3. The van der Waals surface area contributed by atoms with Crippen LogP contribution in [0.2, 0.25) is 0 Å². The molecule has 13 nitrogen and oxygen atoms in total. The van der Waals surface area contributed by atoms with Crippen LogP contribution in [0.4, 0.5) is 0 Å². The first-order chi connectivity index (χ1) is 33.0. The van der Waals surface area contributed by atoms with E-state index in [0.717, 1.165) is 11.1 Å². The minimum atomic E-state index is -4.22. The summed E-state index contributed by atoms with van der Waals surface area (Å²) in [7, 11) is -12.4. The van der Waals surface area contributed by atoms with Crippen LogP contribution >= 0.6 is 23.0 Å². The summed E-state index contributed by atoms with van der Waals surface area (Å²) in [6.07, 6.45) is 3.57. The van der Waals surface area contributed by atoms with Gasteiger partial charge in [-0.05, 0) is 124 Å². The van der Waals surface area contributed by atoms with Crippen molar-refractivity contribution in [2.24, 2.45) is 13.5 Å². The monoisotopic (exact) mass is 973 g/mol. The van der Waals surface area contributed by atoms with Gasteiger partial charge in [-0.3, -0.25) is 0 Å². The van der Waals surface area contributed by atoms with Gasteiger partial charge < -0.3 is 36.6 Å². The van der Waals surface area contributed by atoms with Gasteiger partial charge in [0.05, 0.1) is 13.2 Å². The Morgan fingerprint density at radius 1 is 0.397 bits per heavy atom. The molecule has 0 aliphatic carbocycles. The number of esters is 2. The summed E-state index contributed by atoms with van der Waals surface area (Å²) in [5.41, 5.74) is 2.32. The van der Waals surface area contributed by atoms with E-state index in [9.17, 15) is 9.59 Å². The third-order valence-electron chi connectivity index (χ3n) is 9.77. The quantitative estimate of drug-likeness (QED) is 0.0249. The molecule has 352 valence electrons. The Balaban J connectivity index is 1.43. The minimum absolute atomic E-state index is 0.231. The van der Waals surface area contributed by atoms with E-state index in [2.05, 4.69) is 13.2 Å². The molecule has 0 N–H and O–H groups in total. The number of nitrogens with zero attached hydrogens (tertiary/aromatic N) is 3. The van der Waals surface area contributed by atoms with Crippen LogP contribution in [0.15, 0.2) is 208 Å². The van der Waals surface area contributed by atoms with Crippen molar-refractivity contribution in [1.29, 1.82) is 0 Å². The van der Waals surface area contributed by atoms with Crippen LogP contribution in [0.3, 0.4) is 0 Å². The fourth-order valence-corrected chi connectivity index (χ4v) is 15.6. The predicted molar refractivity (Wildman–Crippen MR) is 268 cm³/mol. The summed E-state index contributed by atoms with van der Waals surface area (Å²) in [5, 5.41) is 0. The minimum Gasteiger partial charge on any atom is -0.462 e. The molecule has 0 atom stereocenters. The average Bonchev–Trinajstić information content (AvgIpc) is 3.33. The second kappa shape index (κ2) is 23.8. The normalized spacial score (nSPS) is 14.0. The van der Waals surface area contributed by atoms with Crippen molar-refractivity contribution in [1.82, 2.24) is 0 Å². The van der Waals surface area contributed by atoms with Gasteiger partial charge in [-0.15, -0.1) is 0 Å². The summed E-state index contributed by atoms with van der Waals surface area (Å²) in [6.45, 7) is 11.1. The first-order valence-electron chi connectivity index (χ1n) is 22.1. The molecule has 0 amide bonds. The van der Waals surface area contributed by atoms with Crippen LogP contribution in [0.1, 0.15) is 50.7 Å². The molecule has 7 rings (SSSR count). The van der Waals surface area contributed by atoms with Gasteiger partial charge in [0.2, 0.25) is 0 Å². The van der Waals surface area contributed by atoms with Gasteiger partial charge in [0.25, 0.3) is 0 Å². The largest absolute Gasteiger partial charge is 0.462 e. The molecule has 6 aromatic carbocycles. The Bertz CT molecular complexity index is 2580. The van der Waals surface area contributed by atoms with Crippen LogP contribution in [0.5, 0.6) is 34.5 Å². The Hall–Kier alpha value is -6.77. The molecule has 1 aliphatic rings. The first kappa shape index (κ1) is 49.1. The molecule has 0 spiro atoms. The van der Waals surface area contributed by atoms with E-state index in [4.69, 9.17) is 50.2 Å². The van der Waals surface area contributed by atoms with Crippen molar-refractivity contribution in [3.63, 3.8) is 0 Å². The number of aryl methyl sites for hydroxylation is 2. The van der Waals surface area contributed by atoms with Crippen molar-refractivity contribution < 1.29 is 46.2 Å². The molecule has 0 unspecified atom stereocenters. The van der Waals surface area contributed by atoms with E-state index in [1.807, 2.05) is 121 Å². The lowest BCUT2D eigenvalue weighted by Crippen LogP contribution is -2.12. The maximum Gasteiger partial charge on any atom is 0.460 e. The molecular weight excluding hydrogens is 920 g/mol. The van der Waals surface area contributed by atoms with Crippen LogP contribution < -0.4 is 27.1 Å². The first-order valence-corrected chi connectivity index (χ1v) is 26.7. The molecule has 68 heavy (non-hydrogen) atoms. The van der Waals surface area contributed by atoms with E-state index >= 15 is 0 Å². The fraction of sp³-hybridized carbons (Fsp3) is 0.192. The topological polar surface area (TPSA) is 145 Å². The van der Waals surface area contributed by atoms with Crippen LogP contribution in [0, 0.1) is 0 Å². The number of carbonyl (C=O) groups excluding carboxylic acids is 2. The molecule has 1 heterocycles. The molecule has 6 aromatic rings. The number of hydrogen-bond acceptors (Lipinski definition) is 13. The zero-order valence-electron chi connectivity index (χ0n) is 38.0. The van der Waals surface area contributed by atoms with Gasteiger partial charge >= 0.3 is 34.9 Å². The number of hydrogen-bond donors (Lipinski definition) is 0. The molecule has 0 bridgehead atoms. The molecule has 0 radical (unpaired) electrons. The van der Waals surface area contributed by atoms with Gasteiger partial charge in [0, 0.05) is 11.1 Å². The number of benzene rings is 6. The number of para-hydroxylation sites is 6. The van der Waals surface area contributed by atoms with Crippen molar-refractivity contribution in [2.75, 3.05) is 13.2 Å². The zero-order valence-corrected chi connectivity index (χ0v) is 40.7. The molecule has 1 aliphatic heterocycles. The second-order valence-electron chi connectivity index (χ2n) is 15.5. The number of carbonyl (C=O) groups is 2. The van der Waals surface area contributed by atoms with E-state index < -0.39 is 34.9 Å². The summed E-state index contributed by atoms with van der Waals surface area (Å²) in [6, 6.07) is 51.7. The molecule has 0 saturated heterocycles. The molecule has 0 saturated carbocycles. The summed E-state index contributed by atoms with van der Waals surface area (Å²) >= 11 is 0. The zero-order chi connectivity index (χ0) is 47.7. The maximum absolute atomic E-state index is 12.1. The van der Waals surface area contributed by atoms with Crippen molar-refractivity contribution >= 4 is 34.9 Å². The third kappa shape index (κ3) is 14.1. The van der Waals surface area contributed by atoms with Gasteiger partial charge in [-0.2, -0.15) is 0 Å². The van der Waals surface area contributed by atoms with E-state index in [-0.39, 0.29) is 13.2 Å². The Labute approximate surface area is 398 Å². The lowest BCUT2D eigenvalue weighted by molar-refractivity contribution is -0.139. The fourth-order valence-electron chi connectivity index (χ4n) is 6.50. The van der Waals surface area contributed by atoms with E-state index in [0.29, 0.717) is 84.2 Å². The van der Waals surface area contributed by atoms with Gasteiger partial charge in [-0.25, -0.2) is 9.59 Å². The number of rotatable bonds is 24. The van der Waals surface area contributed by atoms with Crippen LogP contribution in [-0.2, 0) is 31.9 Å². The smallest absolute Gasteiger partial charge is 0.460 e. The van der Waals surface area contributed by atoms with Gasteiger partial charge in [0.1, 0.15) is 34.5 Å². The Morgan fingerprint density at radius 2 is 0.676 bits per heavy atom. The van der Waals surface area contributed by atoms with E-state index in [1.54, 1.807) is 62.4 Å². The highest BCUT2D eigenvalue weighted by atomic mass is 31.3. The lowest BCUT2D eigenvalue weighted by Gasteiger charge is -2.33. The van der Waals surface area contributed by atoms with Gasteiger partial charge in [0.15, 0.2) is 0 Å². The Morgan fingerprint density at radius 3 is 0.985 bits per heavy atom. The van der Waals surface area contributed by atoms with Crippen molar-refractivity contribution in [3.8, 4) is 34.5 Å². The van der Waals surface area contributed by atoms with Crippen molar-refractivity contribution in [2.45, 2.75) is 52.4 Å². The summed E-state index contributed by atoms with van der Waals surface area (Å²) in [5.74, 6) is 1.62. The highest BCUT2D eigenvalue weighted by Gasteiger charge is 2.49.